The van der Waals surface area contributed by atoms with Crippen molar-refractivity contribution in [2.75, 3.05) is 18.1 Å². The summed E-state index contributed by atoms with van der Waals surface area (Å²) in [4.78, 5) is 13.6. The number of amides is 1. The minimum Gasteiger partial charge on any atom is -0.324 e. The predicted octanol–water partition coefficient (Wildman–Crippen LogP) is 0.859. The Morgan fingerprint density at radius 3 is 2.75 bits per heavy atom. The Kier molecular flexibility index (Phi) is 6.81. The fraction of sp³-hybridized carbons (Fsp3) is 0.800. The van der Waals surface area contributed by atoms with Crippen LogP contribution in [-0.2, 0) is 4.79 Å². The van der Waals surface area contributed by atoms with Gasteiger partial charge in [0.2, 0.25) is 5.91 Å². The summed E-state index contributed by atoms with van der Waals surface area (Å²) in [6.07, 6.45) is 0. The summed E-state index contributed by atoms with van der Waals surface area (Å²) < 4.78 is 0. The molecule has 1 aliphatic heterocycles. The van der Waals surface area contributed by atoms with E-state index >= 15 is 0 Å². The molecular formula is C10H18ClN3OS. The normalized spacial score (nSPS) is 22.2. The van der Waals surface area contributed by atoms with E-state index in [1.165, 1.54) is 0 Å². The second-order valence-electron chi connectivity index (χ2n) is 4.02. The van der Waals surface area contributed by atoms with E-state index in [4.69, 9.17) is 11.0 Å². The third-order valence-corrected chi connectivity index (χ3v) is 3.59. The Bertz CT molecular complexity index is 280. The van der Waals surface area contributed by atoms with Crippen molar-refractivity contribution >= 4 is 30.1 Å². The van der Waals surface area contributed by atoms with Crippen LogP contribution in [-0.4, -0.2) is 40.9 Å². The highest BCUT2D eigenvalue weighted by molar-refractivity contribution is 7.99. The molecule has 0 aliphatic carbocycles. The van der Waals surface area contributed by atoms with Crippen LogP contribution < -0.4 is 5.73 Å². The summed E-state index contributed by atoms with van der Waals surface area (Å²) in [7, 11) is 0. The van der Waals surface area contributed by atoms with Gasteiger partial charge in [0.15, 0.2) is 0 Å². The zero-order chi connectivity index (χ0) is 11.4. The first-order valence-corrected chi connectivity index (χ1v) is 6.26. The van der Waals surface area contributed by atoms with Gasteiger partial charge in [0.25, 0.3) is 0 Å². The number of thioether (sulfide) groups is 1. The Morgan fingerprint density at radius 1 is 1.62 bits per heavy atom. The number of rotatable bonds is 2. The molecule has 92 valence electrons. The van der Waals surface area contributed by atoms with Crippen molar-refractivity contribution in [3.05, 3.63) is 0 Å². The van der Waals surface area contributed by atoms with E-state index in [1.54, 1.807) is 16.7 Å². The van der Waals surface area contributed by atoms with Gasteiger partial charge in [-0.1, -0.05) is 13.8 Å². The van der Waals surface area contributed by atoms with E-state index in [1.807, 2.05) is 13.8 Å². The standard InChI is InChI=1S/C10H17N3OS.ClH/c1-7(2)9(12)10(14)13-3-4-15-6-8(13)5-11;/h7-9H,3-4,6,12H2,1-2H3;1H/t8-,9?;/m1./s1. The van der Waals surface area contributed by atoms with Gasteiger partial charge in [-0.15, -0.1) is 12.4 Å². The smallest absolute Gasteiger partial charge is 0.240 e. The molecule has 1 unspecified atom stereocenters. The highest BCUT2D eigenvalue weighted by atomic mass is 35.5. The molecule has 2 N–H and O–H groups in total. The van der Waals surface area contributed by atoms with Gasteiger partial charge in [0, 0.05) is 18.1 Å². The molecule has 4 nitrogen and oxygen atoms in total. The van der Waals surface area contributed by atoms with Gasteiger partial charge in [-0.05, 0) is 5.92 Å². The number of carbonyl (C=O) groups excluding carboxylic acids is 1. The van der Waals surface area contributed by atoms with Crippen molar-refractivity contribution in [2.45, 2.75) is 25.9 Å². The van der Waals surface area contributed by atoms with E-state index in [-0.39, 0.29) is 30.3 Å². The maximum absolute atomic E-state index is 11.9. The third kappa shape index (κ3) is 3.55. The lowest BCUT2D eigenvalue weighted by Gasteiger charge is -2.33. The second kappa shape index (κ2) is 7.00. The predicted molar refractivity (Wildman–Crippen MR) is 68.5 cm³/mol. The number of nitrogens with two attached hydrogens (primary N) is 1. The molecule has 0 bridgehead atoms. The molecule has 0 aromatic heterocycles. The van der Waals surface area contributed by atoms with E-state index in [0.29, 0.717) is 12.3 Å². The van der Waals surface area contributed by atoms with Gasteiger partial charge in [-0.2, -0.15) is 17.0 Å². The van der Waals surface area contributed by atoms with Crippen LogP contribution in [0.25, 0.3) is 0 Å². The molecule has 16 heavy (non-hydrogen) atoms. The van der Waals surface area contributed by atoms with Crippen molar-refractivity contribution in [3.63, 3.8) is 0 Å². The number of hydrogen-bond donors (Lipinski definition) is 1. The molecule has 6 heteroatoms. The van der Waals surface area contributed by atoms with Crippen LogP contribution in [0.4, 0.5) is 0 Å². The number of hydrogen-bond acceptors (Lipinski definition) is 4. The van der Waals surface area contributed by atoms with E-state index in [0.717, 1.165) is 5.75 Å². The molecule has 1 aliphatic rings. The van der Waals surface area contributed by atoms with E-state index in [2.05, 4.69) is 6.07 Å². The molecule has 0 aromatic rings. The van der Waals surface area contributed by atoms with Crippen molar-refractivity contribution in [1.82, 2.24) is 4.90 Å². The fourth-order valence-electron chi connectivity index (χ4n) is 1.45. The zero-order valence-electron chi connectivity index (χ0n) is 9.55. The zero-order valence-corrected chi connectivity index (χ0v) is 11.2. The molecule has 0 saturated carbocycles. The lowest BCUT2D eigenvalue weighted by Crippen LogP contribution is -2.53. The average molecular weight is 264 g/mol. The largest absolute Gasteiger partial charge is 0.324 e. The quantitative estimate of drug-likeness (QED) is 0.802. The molecule has 0 aromatic carbocycles. The maximum Gasteiger partial charge on any atom is 0.240 e. The van der Waals surface area contributed by atoms with Crippen LogP contribution in [0.15, 0.2) is 0 Å². The highest BCUT2D eigenvalue weighted by Crippen LogP contribution is 2.17. The molecule has 1 rings (SSSR count). The van der Waals surface area contributed by atoms with Crippen molar-refractivity contribution in [1.29, 1.82) is 5.26 Å². The summed E-state index contributed by atoms with van der Waals surface area (Å²) in [5, 5.41) is 8.93. The lowest BCUT2D eigenvalue weighted by molar-refractivity contribution is -0.134. The van der Waals surface area contributed by atoms with Crippen LogP contribution >= 0.6 is 24.2 Å². The van der Waals surface area contributed by atoms with E-state index in [9.17, 15) is 4.79 Å². The first-order valence-electron chi connectivity index (χ1n) is 5.11. The minimum absolute atomic E-state index is 0. The first-order chi connectivity index (χ1) is 7.07. The first kappa shape index (κ1) is 15.6. The molecule has 1 heterocycles. The van der Waals surface area contributed by atoms with Crippen LogP contribution in [0.2, 0.25) is 0 Å². The maximum atomic E-state index is 11.9. The van der Waals surface area contributed by atoms with Gasteiger partial charge < -0.3 is 10.6 Å². The molecule has 0 radical (unpaired) electrons. The molecule has 2 atom stereocenters. The van der Waals surface area contributed by atoms with Gasteiger partial charge in [0.05, 0.1) is 12.1 Å². The summed E-state index contributed by atoms with van der Waals surface area (Å²) in [5.41, 5.74) is 5.80. The topological polar surface area (TPSA) is 70.1 Å². The fourth-order valence-corrected chi connectivity index (χ4v) is 2.42. The number of nitriles is 1. The van der Waals surface area contributed by atoms with Crippen molar-refractivity contribution in [3.8, 4) is 6.07 Å². The summed E-state index contributed by atoms with van der Waals surface area (Å²) in [6, 6.07) is 1.37. The number of carbonyl (C=O) groups is 1. The van der Waals surface area contributed by atoms with Gasteiger partial charge >= 0.3 is 0 Å². The molecule has 1 saturated heterocycles. The molecule has 0 spiro atoms. The van der Waals surface area contributed by atoms with Gasteiger partial charge in [-0.25, -0.2) is 0 Å². The summed E-state index contributed by atoms with van der Waals surface area (Å²) >= 11 is 1.71. The lowest BCUT2D eigenvalue weighted by atomic mass is 10.0. The molecule has 1 amide bonds. The Labute approximate surface area is 107 Å². The third-order valence-electron chi connectivity index (χ3n) is 2.56. The van der Waals surface area contributed by atoms with Crippen LogP contribution in [0, 0.1) is 17.2 Å². The monoisotopic (exact) mass is 263 g/mol. The molecular weight excluding hydrogens is 246 g/mol. The Balaban J connectivity index is 0.00000225. The summed E-state index contributed by atoms with van der Waals surface area (Å²) in [5.74, 6) is 1.63. The second-order valence-corrected chi connectivity index (χ2v) is 5.17. The van der Waals surface area contributed by atoms with Gasteiger partial charge in [-0.3, -0.25) is 4.79 Å². The highest BCUT2D eigenvalue weighted by Gasteiger charge is 2.31. The minimum atomic E-state index is -0.482. The average Bonchev–Trinajstić information content (AvgIpc) is 2.26. The van der Waals surface area contributed by atoms with E-state index < -0.39 is 6.04 Å². The summed E-state index contributed by atoms with van der Waals surface area (Å²) in [6.45, 7) is 4.48. The molecule has 1 fully saturated rings. The van der Waals surface area contributed by atoms with Gasteiger partial charge in [0.1, 0.15) is 6.04 Å². The van der Waals surface area contributed by atoms with Crippen LogP contribution in [0.5, 0.6) is 0 Å². The van der Waals surface area contributed by atoms with Crippen molar-refractivity contribution in [2.24, 2.45) is 11.7 Å². The Morgan fingerprint density at radius 2 is 2.25 bits per heavy atom. The SMILES string of the molecule is CC(C)C(N)C(=O)N1CCSC[C@H]1C#N.Cl. The Hall–Kier alpha value is -0.440. The number of nitrogens with zero attached hydrogens (tertiary/aromatic N) is 2. The van der Waals surface area contributed by atoms with Crippen LogP contribution in [0.1, 0.15) is 13.8 Å². The number of halogens is 1. The van der Waals surface area contributed by atoms with Crippen LogP contribution in [0.3, 0.4) is 0 Å². The van der Waals surface area contributed by atoms with Crippen molar-refractivity contribution < 1.29 is 4.79 Å².